The monoisotopic (exact) mass is 262 g/mol. The van der Waals surface area contributed by atoms with Crippen molar-refractivity contribution in [1.29, 1.82) is 0 Å². The fourth-order valence-electron chi connectivity index (χ4n) is 2.00. The van der Waals surface area contributed by atoms with Crippen molar-refractivity contribution in [2.24, 2.45) is 0 Å². The predicted molar refractivity (Wildman–Crippen MR) is 72.2 cm³/mol. The van der Waals surface area contributed by atoms with Gasteiger partial charge in [0.15, 0.2) is 0 Å². The van der Waals surface area contributed by atoms with Crippen LogP contribution in [0.3, 0.4) is 0 Å². The first-order chi connectivity index (χ1) is 9.15. The average Bonchev–Trinajstić information content (AvgIpc) is 2.33. The highest BCUT2D eigenvalue weighted by molar-refractivity contribution is 5.90. The molecule has 3 N–H and O–H groups in total. The first kappa shape index (κ1) is 13.4. The highest BCUT2D eigenvalue weighted by Crippen LogP contribution is 2.19. The minimum Gasteiger partial charge on any atom is -0.481 e. The van der Waals surface area contributed by atoms with Gasteiger partial charge in [0.05, 0.1) is 0 Å². The van der Waals surface area contributed by atoms with Crippen LogP contribution in [0.5, 0.6) is 0 Å². The van der Waals surface area contributed by atoms with E-state index < -0.39 is 5.97 Å². The molecule has 1 aliphatic carbocycles. The van der Waals surface area contributed by atoms with Crippen LogP contribution in [-0.2, 0) is 11.2 Å². The maximum absolute atomic E-state index is 11.8. The van der Waals surface area contributed by atoms with E-state index in [1.807, 2.05) is 18.2 Å². The minimum atomic E-state index is -0.839. The lowest BCUT2D eigenvalue weighted by Gasteiger charge is -2.26. The summed E-state index contributed by atoms with van der Waals surface area (Å²) in [5, 5.41) is 14.4. The largest absolute Gasteiger partial charge is 0.481 e. The van der Waals surface area contributed by atoms with Crippen molar-refractivity contribution in [2.75, 3.05) is 5.32 Å². The van der Waals surface area contributed by atoms with Crippen molar-refractivity contribution in [1.82, 2.24) is 5.32 Å². The zero-order valence-corrected chi connectivity index (χ0v) is 10.7. The van der Waals surface area contributed by atoms with E-state index in [1.165, 1.54) is 6.42 Å². The molecule has 0 bridgehead atoms. The molecule has 102 valence electrons. The van der Waals surface area contributed by atoms with E-state index in [4.69, 9.17) is 5.11 Å². The van der Waals surface area contributed by atoms with Crippen LogP contribution < -0.4 is 10.6 Å². The molecule has 1 aliphatic rings. The third-order valence-corrected chi connectivity index (χ3v) is 3.31. The highest BCUT2D eigenvalue weighted by Gasteiger charge is 2.19. The molecule has 0 radical (unpaired) electrons. The number of amides is 2. The van der Waals surface area contributed by atoms with Gasteiger partial charge in [-0.25, -0.2) is 4.79 Å². The maximum atomic E-state index is 11.8. The number of anilines is 1. The van der Waals surface area contributed by atoms with Crippen LogP contribution in [0.2, 0.25) is 0 Å². The summed E-state index contributed by atoms with van der Waals surface area (Å²) in [5.74, 6) is -0.839. The summed E-state index contributed by atoms with van der Waals surface area (Å²) in [6, 6.07) is 7.35. The van der Waals surface area contributed by atoms with Gasteiger partial charge in [0, 0.05) is 18.2 Å². The molecule has 5 heteroatoms. The maximum Gasteiger partial charge on any atom is 0.319 e. The Morgan fingerprint density at radius 2 is 2.00 bits per heavy atom. The van der Waals surface area contributed by atoms with Gasteiger partial charge in [-0.15, -0.1) is 0 Å². The topological polar surface area (TPSA) is 78.4 Å². The van der Waals surface area contributed by atoms with E-state index in [1.54, 1.807) is 6.07 Å². The number of para-hydroxylation sites is 1. The third kappa shape index (κ3) is 3.98. The van der Waals surface area contributed by atoms with Crippen LogP contribution in [-0.4, -0.2) is 23.1 Å². The van der Waals surface area contributed by atoms with Crippen LogP contribution in [0, 0.1) is 0 Å². The molecule has 0 aliphatic heterocycles. The van der Waals surface area contributed by atoms with E-state index in [-0.39, 0.29) is 18.5 Å². The van der Waals surface area contributed by atoms with Crippen molar-refractivity contribution in [3.8, 4) is 0 Å². The lowest BCUT2D eigenvalue weighted by molar-refractivity contribution is -0.136. The molecule has 0 atom stereocenters. The molecule has 2 amide bonds. The van der Waals surface area contributed by atoms with Gasteiger partial charge in [0.2, 0.25) is 0 Å². The molecule has 1 aromatic carbocycles. The van der Waals surface area contributed by atoms with Crippen LogP contribution in [0.15, 0.2) is 24.3 Å². The third-order valence-electron chi connectivity index (χ3n) is 3.31. The minimum absolute atomic E-state index is 0.0585. The van der Waals surface area contributed by atoms with Gasteiger partial charge in [0.25, 0.3) is 0 Å². The summed E-state index contributed by atoms with van der Waals surface area (Å²) in [6.07, 6.45) is 3.71. The molecule has 0 heterocycles. The smallest absolute Gasteiger partial charge is 0.319 e. The molecule has 0 spiro atoms. The number of aryl methyl sites for hydroxylation is 1. The Hall–Kier alpha value is -2.04. The number of hydrogen-bond donors (Lipinski definition) is 3. The summed E-state index contributed by atoms with van der Waals surface area (Å²) in [5.41, 5.74) is 1.52. The van der Waals surface area contributed by atoms with E-state index in [9.17, 15) is 9.59 Å². The van der Waals surface area contributed by atoms with Gasteiger partial charge in [-0.3, -0.25) is 4.79 Å². The lowest BCUT2D eigenvalue weighted by atomic mass is 9.93. The van der Waals surface area contributed by atoms with E-state index in [0.717, 1.165) is 18.4 Å². The first-order valence-corrected chi connectivity index (χ1v) is 6.52. The molecular formula is C14H18N2O3. The van der Waals surface area contributed by atoms with Gasteiger partial charge in [-0.1, -0.05) is 18.2 Å². The van der Waals surface area contributed by atoms with Gasteiger partial charge in [0.1, 0.15) is 0 Å². The van der Waals surface area contributed by atoms with E-state index in [0.29, 0.717) is 12.1 Å². The molecule has 19 heavy (non-hydrogen) atoms. The Morgan fingerprint density at radius 1 is 1.26 bits per heavy atom. The Kier molecular flexibility index (Phi) is 4.39. The van der Waals surface area contributed by atoms with E-state index >= 15 is 0 Å². The molecule has 1 fully saturated rings. The second-order valence-corrected chi connectivity index (χ2v) is 4.78. The number of hydrogen-bond acceptors (Lipinski definition) is 2. The molecule has 5 nitrogen and oxygen atoms in total. The summed E-state index contributed by atoms with van der Waals surface area (Å²) < 4.78 is 0. The normalized spacial score (nSPS) is 14.5. The van der Waals surface area contributed by atoms with Crippen LogP contribution >= 0.6 is 0 Å². The number of benzene rings is 1. The molecule has 0 aromatic heterocycles. The Bertz CT molecular complexity index is 470. The summed E-state index contributed by atoms with van der Waals surface area (Å²) in [4.78, 5) is 22.4. The standard InChI is InChI=1S/C14H18N2O3/c17-13(18)9-8-10-4-1-2-7-12(10)16-14(19)15-11-5-3-6-11/h1-2,4,7,11H,3,5-6,8-9H2,(H,17,18)(H2,15,16,19). The molecule has 1 saturated carbocycles. The number of aliphatic carboxylic acids is 1. The predicted octanol–water partition coefficient (Wildman–Crippen LogP) is 2.38. The number of rotatable bonds is 5. The summed E-state index contributed by atoms with van der Waals surface area (Å²) >= 11 is 0. The SMILES string of the molecule is O=C(O)CCc1ccccc1NC(=O)NC1CCC1. The molecule has 1 aromatic rings. The second-order valence-electron chi connectivity index (χ2n) is 4.78. The molecular weight excluding hydrogens is 244 g/mol. The Balaban J connectivity index is 1.94. The molecule has 2 rings (SSSR count). The summed E-state index contributed by atoms with van der Waals surface area (Å²) in [6.45, 7) is 0. The second kappa shape index (κ2) is 6.22. The van der Waals surface area contributed by atoms with Crippen LogP contribution in [0.4, 0.5) is 10.5 Å². The van der Waals surface area contributed by atoms with Gasteiger partial charge in [-0.2, -0.15) is 0 Å². The first-order valence-electron chi connectivity index (χ1n) is 6.52. The number of carbonyl (C=O) groups excluding carboxylic acids is 1. The van der Waals surface area contributed by atoms with Crippen molar-refractivity contribution < 1.29 is 14.7 Å². The van der Waals surface area contributed by atoms with Gasteiger partial charge >= 0.3 is 12.0 Å². The van der Waals surface area contributed by atoms with Gasteiger partial charge < -0.3 is 15.7 Å². The number of carboxylic acids is 1. The van der Waals surface area contributed by atoms with E-state index in [2.05, 4.69) is 10.6 Å². The zero-order chi connectivity index (χ0) is 13.7. The quantitative estimate of drug-likeness (QED) is 0.762. The molecule has 0 saturated heterocycles. The number of carbonyl (C=O) groups is 2. The summed E-state index contributed by atoms with van der Waals surface area (Å²) in [7, 11) is 0. The highest BCUT2D eigenvalue weighted by atomic mass is 16.4. The lowest BCUT2D eigenvalue weighted by Crippen LogP contribution is -2.42. The molecule has 0 unspecified atom stereocenters. The van der Waals surface area contributed by atoms with Crippen molar-refractivity contribution in [2.45, 2.75) is 38.1 Å². The van der Waals surface area contributed by atoms with Gasteiger partial charge in [-0.05, 0) is 37.3 Å². The van der Waals surface area contributed by atoms with Crippen molar-refractivity contribution in [3.05, 3.63) is 29.8 Å². The average molecular weight is 262 g/mol. The number of urea groups is 1. The number of carboxylic acid groups (broad SMARTS) is 1. The zero-order valence-electron chi connectivity index (χ0n) is 10.7. The van der Waals surface area contributed by atoms with Crippen molar-refractivity contribution >= 4 is 17.7 Å². The number of nitrogens with one attached hydrogen (secondary N) is 2. The van der Waals surface area contributed by atoms with Crippen molar-refractivity contribution in [3.63, 3.8) is 0 Å². The Morgan fingerprint density at radius 3 is 2.63 bits per heavy atom. The van der Waals surface area contributed by atoms with Crippen LogP contribution in [0.1, 0.15) is 31.2 Å². The fourth-order valence-corrected chi connectivity index (χ4v) is 2.00. The van der Waals surface area contributed by atoms with Crippen LogP contribution in [0.25, 0.3) is 0 Å². The fraction of sp³-hybridized carbons (Fsp3) is 0.429. The Labute approximate surface area is 112 Å².